The summed E-state index contributed by atoms with van der Waals surface area (Å²) < 4.78 is 4.84. The molecule has 1 aliphatic rings. The fourth-order valence-electron chi connectivity index (χ4n) is 11.6. The van der Waals surface area contributed by atoms with Crippen molar-refractivity contribution in [1.82, 2.24) is 14.1 Å². The minimum Gasteiger partial charge on any atom is -0.309 e. The minimum atomic E-state index is -0.440. The van der Waals surface area contributed by atoms with E-state index in [1.165, 1.54) is 77.1 Å². The first-order valence-corrected chi connectivity index (χ1v) is 23.8. The smallest absolute Gasteiger partial charge is 0.0730 e. The molecule has 0 amide bonds. The third-order valence-corrected chi connectivity index (χ3v) is 14.6. The summed E-state index contributed by atoms with van der Waals surface area (Å²) in [7, 11) is 0. The topological polar surface area (TPSA) is 22.8 Å². The van der Waals surface area contributed by atoms with Crippen LogP contribution in [0.25, 0.3) is 99.8 Å². The van der Waals surface area contributed by atoms with Crippen molar-refractivity contribution in [2.24, 2.45) is 0 Å². The summed E-state index contributed by atoms with van der Waals surface area (Å²) in [6.07, 6.45) is 0. The van der Waals surface area contributed by atoms with Gasteiger partial charge in [0.15, 0.2) is 0 Å². The van der Waals surface area contributed by atoms with Gasteiger partial charge in [-0.05, 0) is 105 Å². The number of pyridine rings is 1. The van der Waals surface area contributed by atoms with E-state index >= 15 is 0 Å². The van der Waals surface area contributed by atoms with E-state index in [1.807, 2.05) is 0 Å². The largest absolute Gasteiger partial charge is 0.309 e. The highest BCUT2D eigenvalue weighted by molar-refractivity contribution is 6.13. The predicted molar refractivity (Wildman–Crippen MR) is 287 cm³/mol. The molecular formula is C66H43N3. The number of rotatable bonds is 7. The van der Waals surface area contributed by atoms with E-state index in [-0.39, 0.29) is 0 Å². The third-order valence-electron chi connectivity index (χ3n) is 14.6. The van der Waals surface area contributed by atoms with Crippen LogP contribution in [0, 0.1) is 0 Å². The summed E-state index contributed by atoms with van der Waals surface area (Å²) in [6, 6.07) is 95.3. The second-order valence-corrected chi connectivity index (χ2v) is 18.3. The molecule has 69 heavy (non-hydrogen) atoms. The van der Waals surface area contributed by atoms with Gasteiger partial charge < -0.3 is 9.13 Å². The molecule has 0 fully saturated rings. The van der Waals surface area contributed by atoms with E-state index in [0.717, 1.165) is 44.9 Å². The minimum absolute atomic E-state index is 0.440. The van der Waals surface area contributed by atoms with Crippen LogP contribution < -0.4 is 0 Å². The lowest BCUT2D eigenvalue weighted by molar-refractivity contribution is 0.768. The number of fused-ring (bicyclic) bond motifs is 9. The van der Waals surface area contributed by atoms with Crippen molar-refractivity contribution in [1.29, 1.82) is 0 Å². The average Bonchev–Trinajstić information content (AvgIpc) is 4.05. The zero-order chi connectivity index (χ0) is 45.5. The van der Waals surface area contributed by atoms with Crippen molar-refractivity contribution >= 4 is 43.6 Å². The van der Waals surface area contributed by atoms with Gasteiger partial charge >= 0.3 is 0 Å². The zero-order valence-corrected chi connectivity index (χ0v) is 37.7. The van der Waals surface area contributed by atoms with E-state index in [2.05, 4.69) is 270 Å². The van der Waals surface area contributed by atoms with E-state index in [1.54, 1.807) is 0 Å². The lowest BCUT2D eigenvalue weighted by Crippen LogP contribution is -2.28. The van der Waals surface area contributed by atoms with Crippen LogP contribution in [0.1, 0.15) is 22.3 Å². The SMILES string of the molecule is c1ccc(-c2cc(-n3c4ccccc4c4cc(-c5ccc6c(c5)c5ccccc5n6-c5ccc(C6(c7ccccc7)c7ccccc7-c7ccccc76)cc5)ccc43)cc(-c3ccccc3)n2)cc1. The predicted octanol–water partition coefficient (Wildman–Crippen LogP) is 16.6. The van der Waals surface area contributed by atoms with Crippen LogP contribution in [0.15, 0.2) is 261 Å². The lowest BCUT2D eigenvalue weighted by atomic mass is 9.68. The first kappa shape index (κ1) is 39.1. The molecule has 0 unspecified atom stereocenters. The maximum Gasteiger partial charge on any atom is 0.0730 e. The third kappa shape index (κ3) is 5.97. The van der Waals surface area contributed by atoms with Gasteiger partial charge in [-0.3, -0.25) is 0 Å². The van der Waals surface area contributed by atoms with Crippen LogP contribution in [-0.4, -0.2) is 14.1 Å². The molecule has 3 aromatic heterocycles. The highest BCUT2D eigenvalue weighted by Gasteiger charge is 2.45. The van der Waals surface area contributed by atoms with Gasteiger partial charge in [0.05, 0.1) is 44.6 Å². The van der Waals surface area contributed by atoms with Crippen LogP contribution in [0.4, 0.5) is 0 Å². The molecule has 0 spiro atoms. The molecule has 0 saturated carbocycles. The Morgan fingerprint density at radius 3 is 1.20 bits per heavy atom. The monoisotopic (exact) mass is 877 g/mol. The number of para-hydroxylation sites is 2. The van der Waals surface area contributed by atoms with Gasteiger partial charge in [-0.1, -0.05) is 200 Å². The van der Waals surface area contributed by atoms with E-state index < -0.39 is 5.41 Å². The summed E-state index contributed by atoms with van der Waals surface area (Å²) in [5.74, 6) is 0. The van der Waals surface area contributed by atoms with Crippen LogP contribution >= 0.6 is 0 Å². The van der Waals surface area contributed by atoms with Crippen LogP contribution in [0.3, 0.4) is 0 Å². The van der Waals surface area contributed by atoms with Crippen molar-refractivity contribution in [2.45, 2.75) is 5.41 Å². The Bertz CT molecular complexity index is 4000. The van der Waals surface area contributed by atoms with Gasteiger partial charge in [-0.2, -0.15) is 0 Å². The summed E-state index contributed by atoms with van der Waals surface area (Å²) in [4.78, 5) is 5.20. The van der Waals surface area contributed by atoms with Crippen molar-refractivity contribution < 1.29 is 0 Å². The highest BCUT2D eigenvalue weighted by Crippen LogP contribution is 2.56. The Morgan fingerprint density at radius 1 is 0.275 bits per heavy atom. The fraction of sp³-hybridized carbons (Fsp3) is 0.0152. The number of nitrogens with zero attached hydrogens (tertiary/aromatic N) is 3. The van der Waals surface area contributed by atoms with Gasteiger partial charge in [0.25, 0.3) is 0 Å². The van der Waals surface area contributed by atoms with Crippen molar-refractivity contribution in [3.05, 3.63) is 283 Å². The molecule has 14 rings (SSSR count). The fourth-order valence-corrected chi connectivity index (χ4v) is 11.6. The second-order valence-electron chi connectivity index (χ2n) is 18.3. The van der Waals surface area contributed by atoms with Crippen molar-refractivity contribution in [3.8, 4) is 56.1 Å². The Hall–Kier alpha value is -9.05. The summed E-state index contributed by atoms with van der Waals surface area (Å²) in [6.45, 7) is 0. The Kier molecular flexibility index (Phi) is 8.80. The molecule has 0 atom stereocenters. The van der Waals surface area contributed by atoms with E-state index in [9.17, 15) is 0 Å². The molecule has 3 heterocycles. The molecular weight excluding hydrogens is 835 g/mol. The molecule has 0 N–H and O–H groups in total. The summed E-state index contributed by atoms with van der Waals surface area (Å²) >= 11 is 0. The molecule has 0 saturated heterocycles. The molecule has 13 aromatic rings. The number of hydrogen-bond acceptors (Lipinski definition) is 1. The first-order chi connectivity index (χ1) is 34.2. The lowest BCUT2D eigenvalue weighted by Gasteiger charge is -2.34. The van der Waals surface area contributed by atoms with Crippen molar-refractivity contribution in [2.75, 3.05) is 0 Å². The van der Waals surface area contributed by atoms with Crippen LogP contribution in [0.2, 0.25) is 0 Å². The maximum atomic E-state index is 5.20. The normalized spacial score (nSPS) is 12.8. The standard InChI is InChI=1S/C66H43N3/c1-4-18-44(19-5-1)60-42-51(43-61(67-60)45-20-6-2-7-21-45)69-63-31-17-13-27-55(63)57-41-47(33-39-65(57)69)46-32-38-64-56(40-46)54-26-12-16-30-62(54)68(64)50-36-34-49(35-37-50)66(48-22-8-3-9-23-48)58-28-14-10-24-52(58)53-25-11-15-29-59(53)66/h1-43H. The molecule has 0 aliphatic heterocycles. The maximum absolute atomic E-state index is 5.20. The second kappa shape index (κ2) is 15.5. The number of hydrogen-bond donors (Lipinski definition) is 0. The van der Waals surface area contributed by atoms with Crippen molar-refractivity contribution in [3.63, 3.8) is 0 Å². The Balaban J connectivity index is 0.895. The Morgan fingerprint density at radius 2 is 0.681 bits per heavy atom. The molecule has 3 nitrogen and oxygen atoms in total. The number of benzene rings is 10. The highest BCUT2D eigenvalue weighted by atomic mass is 15.0. The number of aromatic nitrogens is 3. The van der Waals surface area contributed by atoms with Crippen LogP contribution in [-0.2, 0) is 5.41 Å². The van der Waals surface area contributed by atoms with Gasteiger partial charge in [-0.15, -0.1) is 0 Å². The first-order valence-electron chi connectivity index (χ1n) is 23.8. The van der Waals surface area contributed by atoms with Crippen LogP contribution in [0.5, 0.6) is 0 Å². The van der Waals surface area contributed by atoms with Gasteiger partial charge in [0.1, 0.15) is 0 Å². The molecule has 0 bridgehead atoms. The van der Waals surface area contributed by atoms with E-state index in [4.69, 9.17) is 4.98 Å². The molecule has 10 aromatic carbocycles. The quantitative estimate of drug-likeness (QED) is 0.156. The van der Waals surface area contributed by atoms with Gasteiger partial charge in [-0.25, -0.2) is 4.98 Å². The average molecular weight is 878 g/mol. The van der Waals surface area contributed by atoms with Gasteiger partial charge in [0.2, 0.25) is 0 Å². The van der Waals surface area contributed by atoms with Gasteiger partial charge in [0, 0.05) is 38.4 Å². The molecule has 322 valence electrons. The molecule has 3 heteroatoms. The summed E-state index contributed by atoms with van der Waals surface area (Å²) in [5, 5.41) is 4.89. The zero-order valence-electron chi connectivity index (χ0n) is 37.7. The summed E-state index contributed by atoms with van der Waals surface area (Å²) in [5.41, 5.74) is 20.7. The molecule has 0 radical (unpaired) electrons. The molecule has 1 aliphatic carbocycles. The van der Waals surface area contributed by atoms with E-state index in [0.29, 0.717) is 0 Å². The Labute approximate surface area is 400 Å².